The van der Waals surface area contributed by atoms with Crippen LogP contribution in [-0.4, -0.2) is 26.6 Å². The molecule has 0 fully saturated rings. The average molecular weight is 313 g/mol. The Morgan fingerprint density at radius 1 is 1.13 bits per heavy atom. The first kappa shape index (κ1) is 17.0. The van der Waals surface area contributed by atoms with E-state index in [0.29, 0.717) is 6.54 Å². The van der Waals surface area contributed by atoms with Crippen molar-refractivity contribution in [1.82, 2.24) is 0 Å². The maximum atomic E-state index is 12.1. The number of benzene rings is 2. The molecule has 1 unspecified atom stereocenters. The molecule has 0 saturated heterocycles. The fourth-order valence-corrected chi connectivity index (χ4v) is 2.50. The number of quaternary nitrogens is 1. The van der Waals surface area contributed by atoms with Gasteiger partial charge < -0.3 is 15.0 Å². The molecular weight excluding hydrogens is 288 g/mol. The van der Waals surface area contributed by atoms with Crippen LogP contribution in [0.5, 0.6) is 5.75 Å². The first-order valence-electron chi connectivity index (χ1n) is 7.93. The highest BCUT2D eigenvalue weighted by atomic mass is 16.5. The number of rotatable bonds is 7. The fourth-order valence-electron chi connectivity index (χ4n) is 2.50. The van der Waals surface area contributed by atoms with E-state index in [2.05, 4.69) is 12.2 Å². The van der Waals surface area contributed by atoms with Gasteiger partial charge in [-0.1, -0.05) is 31.2 Å². The van der Waals surface area contributed by atoms with Gasteiger partial charge in [-0.05, 0) is 36.2 Å². The van der Waals surface area contributed by atoms with Crippen LogP contribution >= 0.6 is 0 Å². The third-order valence-corrected chi connectivity index (χ3v) is 3.75. The lowest BCUT2D eigenvalue weighted by Gasteiger charge is -2.14. The summed E-state index contributed by atoms with van der Waals surface area (Å²) in [4.78, 5) is 13.3. The lowest BCUT2D eigenvalue weighted by atomic mass is 10.1. The molecule has 2 N–H and O–H groups in total. The molecule has 23 heavy (non-hydrogen) atoms. The molecular formula is C19H25N2O2+. The van der Waals surface area contributed by atoms with Gasteiger partial charge in [0.05, 0.1) is 14.2 Å². The molecule has 2 aromatic rings. The molecule has 2 aromatic carbocycles. The topological polar surface area (TPSA) is 42.8 Å². The number of hydrogen-bond acceptors (Lipinski definition) is 2. The molecule has 122 valence electrons. The van der Waals surface area contributed by atoms with E-state index in [4.69, 9.17) is 4.74 Å². The van der Waals surface area contributed by atoms with Crippen molar-refractivity contribution >= 4 is 11.6 Å². The molecule has 4 heteroatoms. The van der Waals surface area contributed by atoms with E-state index in [0.717, 1.165) is 34.9 Å². The van der Waals surface area contributed by atoms with Gasteiger partial charge in [0, 0.05) is 11.3 Å². The number of anilines is 1. The van der Waals surface area contributed by atoms with Crippen LogP contribution in [0.15, 0.2) is 48.5 Å². The summed E-state index contributed by atoms with van der Waals surface area (Å²) in [5.74, 6) is 0.866. The zero-order chi connectivity index (χ0) is 16.7. The van der Waals surface area contributed by atoms with Crippen LogP contribution in [0.25, 0.3) is 0 Å². The van der Waals surface area contributed by atoms with Crippen LogP contribution in [0.1, 0.15) is 18.1 Å². The van der Waals surface area contributed by atoms with E-state index in [-0.39, 0.29) is 5.91 Å². The summed E-state index contributed by atoms with van der Waals surface area (Å²) in [5.41, 5.74) is 3.27. The molecule has 1 atom stereocenters. The van der Waals surface area contributed by atoms with Crippen LogP contribution in [-0.2, 0) is 17.8 Å². The quantitative estimate of drug-likeness (QED) is 0.820. The number of ether oxygens (including phenoxy) is 1. The molecule has 4 nitrogen and oxygen atoms in total. The molecule has 0 aromatic heterocycles. The van der Waals surface area contributed by atoms with E-state index in [1.165, 1.54) is 5.56 Å². The van der Waals surface area contributed by atoms with Crippen molar-refractivity contribution in [3.63, 3.8) is 0 Å². The number of carbonyl (C=O) groups excluding carboxylic acids is 1. The van der Waals surface area contributed by atoms with Crippen molar-refractivity contribution in [3.8, 4) is 5.75 Å². The number of hydrogen-bond donors (Lipinski definition) is 2. The minimum absolute atomic E-state index is 0.0228. The first-order chi connectivity index (χ1) is 11.1. The van der Waals surface area contributed by atoms with Gasteiger partial charge in [0.15, 0.2) is 6.54 Å². The van der Waals surface area contributed by atoms with Crippen LogP contribution in [0.4, 0.5) is 5.69 Å². The van der Waals surface area contributed by atoms with Gasteiger partial charge in [0.2, 0.25) is 0 Å². The van der Waals surface area contributed by atoms with Crippen molar-refractivity contribution in [1.29, 1.82) is 0 Å². The summed E-state index contributed by atoms with van der Waals surface area (Å²) >= 11 is 0. The van der Waals surface area contributed by atoms with Gasteiger partial charge in [-0.15, -0.1) is 0 Å². The largest absolute Gasteiger partial charge is 0.497 e. The Labute approximate surface area is 138 Å². The Hall–Kier alpha value is -2.33. The predicted octanol–water partition coefficient (Wildman–Crippen LogP) is 1.91. The monoisotopic (exact) mass is 313 g/mol. The number of likely N-dealkylation sites (N-methyl/N-ethyl adjacent to an activating group) is 1. The molecule has 0 aliphatic heterocycles. The first-order valence-corrected chi connectivity index (χ1v) is 7.93. The van der Waals surface area contributed by atoms with Crippen molar-refractivity contribution < 1.29 is 14.4 Å². The lowest BCUT2D eigenvalue weighted by molar-refractivity contribution is -0.885. The summed E-state index contributed by atoms with van der Waals surface area (Å²) in [6, 6.07) is 15.9. The second kappa shape index (κ2) is 8.34. The summed E-state index contributed by atoms with van der Waals surface area (Å²) in [7, 11) is 3.67. The highest BCUT2D eigenvalue weighted by Crippen LogP contribution is 2.11. The Balaban J connectivity index is 1.86. The van der Waals surface area contributed by atoms with Crippen LogP contribution in [0.3, 0.4) is 0 Å². The van der Waals surface area contributed by atoms with Crippen LogP contribution in [0.2, 0.25) is 0 Å². The van der Waals surface area contributed by atoms with E-state index in [1.807, 2.05) is 55.6 Å². The number of amides is 1. The molecule has 2 rings (SSSR count). The van der Waals surface area contributed by atoms with Gasteiger partial charge >= 0.3 is 0 Å². The Morgan fingerprint density at radius 2 is 1.87 bits per heavy atom. The predicted molar refractivity (Wildman–Crippen MR) is 92.9 cm³/mol. The van der Waals surface area contributed by atoms with Gasteiger partial charge in [-0.25, -0.2) is 0 Å². The molecule has 0 radical (unpaired) electrons. The SMILES string of the molecule is CCc1ccc(NC(=O)C[NH+](C)Cc2cccc(OC)c2)cc1. The summed E-state index contributed by atoms with van der Waals surface area (Å²) < 4.78 is 5.23. The van der Waals surface area contributed by atoms with Gasteiger partial charge in [0.1, 0.15) is 12.3 Å². The van der Waals surface area contributed by atoms with E-state index in [1.54, 1.807) is 7.11 Å². The fraction of sp³-hybridized carbons (Fsp3) is 0.316. The highest BCUT2D eigenvalue weighted by Gasteiger charge is 2.11. The number of aryl methyl sites for hydroxylation is 1. The van der Waals surface area contributed by atoms with Crippen molar-refractivity contribution in [3.05, 3.63) is 59.7 Å². The summed E-state index contributed by atoms with van der Waals surface area (Å²) in [6.45, 7) is 3.32. The minimum Gasteiger partial charge on any atom is -0.497 e. The third kappa shape index (κ3) is 5.42. The number of carbonyl (C=O) groups is 1. The van der Waals surface area contributed by atoms with E-state index < -0.39 is 0 Å². The second-order valence-corrected chi connectivity index (χ2v) is 5.76. The van der Waals surface area contributed by atoms with Gasteiger partial charge in [0.25, 0.3) is 5.91 Å². The Bertz CT molecular complexity index is 638. The van der Waals surface area contributed by atoms with Crippen LogP contribution < -0.4 is 15.0 Å². The lowest BCUT2D eigenvalue weighted by Crippen LogP contribution is -3.08. The maximum absolute atomic E-state index is 12.1. The van der Waals surface area contributed by atoms with Crippen molar-refractivity contribution in [2.45, 2.75) is 19.9 Å². The Morgan fingerprint density at radius 3 is 2.52 bits per heavy atom. The maximum Gasteiger partial charge on any atom is 0.279 e. The number of methoxy groups -OCH3 is 1. The smallest absolute Gasteiger partial charge is 0.279 e. The molecule has 0 heterocycles. The van der Waals surface area contributed by atoms with Gasteiger partial charge in [-0.2, -0.15) is 0 Å². The molecule has 1 amide bonds. The zero-order valence-electron chi connectivity index (χ0n) is 14.1. The van der Waals surface area contributed by atoms with Gasteiger partial charge in [-0.3, -0.25) is 4.79 Å². The molecule has 0 aliphatic rings. The standard InChI is InChI=1S/C19H24N2O2/c1-4-15-8-10-17(11-9-15)20-19(22)14-21(2)13-16-6-5-7-18(12-16)23-3/h5-12H,4,13-14H2,1-3H3,(H,20,22)/p+1. The average Bonchev–Trinajstić information content (AvgIpc) is 2.55. The number of nitrogens with one attached hydrogen (secondary N) is 2. The third-order valence-electron chi connectivity index (χ3n) is 3.75. The zero-order valence-corrected chi connectivity index (χ0v) is 14.1. The molecule has 0 aliphatic carbocycles. The summed E-state index contributed by atoms with van der Waals surface area (Å²) in [6.07, 6.45) is 1.00. The summed E-state index contributed by atoms with van der Waals surface area (Å²) in [5, 5.41) is 2.95. The molecule has 0 bridgehead atoms. The Kier molecular flexibility index (Phi) is 6.18. The van der Waals surface area contributed by atoms with Crippen molar-refractivity contribution in [2.75, 3.05) is 26.0 Å². The minimum atomic E-state index is 0.0228. The van der Waals surface area contributed by atoms with Crippen molar-refractivity contribution in [2.24, 2.45) is 0 Å². The van der Waals surface area contributed by atoms with Crippen LogP contribution in [0, 0.1) is 0 Å². The molecule has 0 saturated carbocycles. The highest BCUT2D eigenvalue weighted by molar-refractivity contribution is 5.91. The normalized spacial score (nSPS) is 11.8. The molecule has 0 spiro atoms. The second-order valence-electron chi connectivity index (χ2n) is 5.76. The van der Waals surface area contributed by atoms with E-state index >= 15 is 0 Å². The van der Waals surface area contributed by atoms with E-state index in [9.17, 15) is 4.79 Å².